The molecule has 0 unspecified atom stereocenters. The molecule has 2 aromatic rings. The summed E-state index contributed by atoms with van der Waals surface area (Å²) in [5.41, 5.74) is 3.44. The lowest BCUT2D eigenvalue weighted by Gasteiger charge is -2.17. The predicted octanol–water partition coefficient (Wildman–Crippen LogP) is 3.44. The number of carbonyl (C=O) groups excluding carboxylic acids is 1. The van der Waals surface area contributed by atoms with E-state index in [1.807, 2.05) is 18.2 Å². The molecule has 112 valence electrons. The summed E-state index contributed by atoms with van der Waals surface area (Å²) >= 11 is 0. The molecule has 0 bridgehead atoms. The van der Waals surface area contributed by atoms with E-state index < -0.39 is 0 Å². The maximum atomic E-state index is 11.9. The molecule has 0 saturated heterocycles. The molecule has 2 rings (SSSR count). The lowest BCUT2D eigenvalue weighted by Crippen LogP contribution is -2.29. The van der Waals surface area contributed by atoms with E-state index in [4.69, 9.17) is 4.42 Å². The average Bonchev–Trinajstić information content (AvgIpc) is 2.96. The monoisotopic (exact) mass is 286 g/mol. The fourth-order valence-corrected chi connectivity index (χ4v) is 2.24. The molecule has 21 heavy (non-hydrogen) atoms. The van der Waals surface area contributed by atoms with Gasteiger partial charge in [-0.1, -0.05) is 32.0 Å². The third-order valence-electron chi connectivity index (χ3n) is 3.39. The highest BCUT2D eigenvalue weighted by molar-refractivity contribution is 5.81. The second-order valence-corrected chi connectivity index (χ2v) is 5.40. The number of nitrogens with one attached hydrogen (secondary N) is 2. The van der Waals surface area contributed by atoms with Gasteiger partial charge in [0.05, 0.1) is 19.4 Å². The number of aryl methyl sites for hydroxylation is 1. The van der Waals surface area contributed by atoms with E-state index in [0.29, 0.717) is 12.5 Å². The largest absolute Gasteiger partial charge is 0.467 e. The number of benzene rings is 1. The van der Waals surface area contributed by atoms with Gasteiger partial charge in [-0.05, 0) is 36.1 Å². The van der Waals surface area contributed by atoms with Crippen LogP contribution < -0.4 is 10.6 Å². The van der Waals surface area contributed by atoms with Crippen molar-refractivity contribution in [2.45, 2.75) is 33.2 Å². The Kier molecular flexibility index (Phi) is 5.04. The molecule has 0 aliphatic rings. The summed E-state index contributed by atoms with van der Waals surface area (Å²) in [6, 6.07) is 9.84. The first-order chi connectivity index (χ1) is 10.1. The summed E-state index contributed by atoms with van der Waals surface area (Å²) in [6.45, 7) is 7.02. The molecule has 4 nitrogen and oxygen atoms in total. The lowest BCUT2D eigenvalue weighted by atomic mass is 9.98. The zero-order valence-electron chi connectivity index (χ0n) is 12.8. The number of carbonyl (C=O) groups is 1. The van der Waals surface area contributed by atoms with Crippen LogP contribution in [0.4, 0.5) is 5.69 Å². The Hall–Kier alpha value is -2.23. The van der Waals surface area contributed by atoms with Gasteiger partial charge in [-0.2, -0.15) is 0 Å². The van der Waals surface area contributed by atoms with Crippen LogP contribution in [0, 0.1) is 6.92 Å². The van der Waals surface area contributed by atoms with Crippen LogP contribution in [0.3, 0.4) is 0 Å². The highest BCUT2D eigenvalue weighted by Gasteiger charge is 2.10. The molecule has 0 spiro atoms. The van der Waals surface area contributed by atoms with Gasteiger partial charge in [-0.25, -0.2) is 0 Å². The van der Waals surface area contributed by atoms with Gasteiger partial charge >= 0.3 is 0 Å². The van der Waals surface area contributed by atoms with Gasteiger partial charge in [0.2, 0.25) is 5.91 Å². The SMILES string of the molecule is Cc1cccc(C(C)C)c1NCC(=O)NCc1ccco1. The second kappa shape index (κ2) is 6.97. The standard InChI is InChI=1S/C17H22N2O2/c1-12(2)15-8-4-6-13(3)17(15)19-11-16(20)18-10-14-7-5-9-21-14/h4-9,12,19H,10-11H2,1-3H3,(H,18,20). The Morgan fingerprint density at radius 1 is 1.24 bits per heavy atom. The molecule has 1 aromatic carbocycles. The number of furan rings is 1. The van der Waals surface area contributed by atoms with Crippen LogP contribution in [-0.4, -0.2) is 12.5 Å². The molecular formula is C17H22N2O2. The summed E-state index contributed by atoms with van der Waals surface area (Å²) in [4.78, 5) is 11.9. The van der Waals surface area contributed by atoms with E-state index in [2.05, 4.69) is 43.5 Å². The predicted molar refractivity (Wildman–Crippen MR) is 84.3 cm³/mol. The summed E-state index contributed by atoms with van der Waals surface area (Å²) in [5, 5.41) is 6.08. The fourth-order valence-electron chi connectivity index (χ4n) is 2.24. The highest BCUT2D eigenvalue weighted by Crippen LogP contribution is 2.27. The second-order valence-electron chi connectivity index (χ2n) is 5.40. The molecule has 1 heterocycles. The zero-order chi connectivity index (χ0) is 15.2. The molecule has 0 atom stereocenters. The minimum atomic E-state index is -0.0515. The van der Waals surface area contributed by atoms with Gasteiger partial charge in [0.1, 0.15) is 5.76 Å². The van der Waals surface area contributed by atoms with Crippen LogP contribution in [0.25, 0.3) is 0 Å². The van der Waals surface area contributed by atoms with Gasteiger partial charge < -0.3 is 15.1 Å². The molecular weight excluding hydrogens is 264 g/mol. The number of hydrogen-bond donors (Lipinski definition) is 2. The van der Waals surface area contributed by atoms with E-state index in [1.54, 1.807) is 6.26 Å². The number of hydrogen-bond acceptors (Lipinski definition) is 3. The summed E-state index contributed by atoms with van der Waals surface area (Å²) in [7, 11) is 0. The Labute approximate surface area is 125 Å². The van der Waals surface area contributed by atoms with Crippen molar-refractivity contribution in [2.75, 3.05) is 11.9 Å². The molecule has 4 heteroatoms. The van der Waals surface area contributed by atoms with Gasteiger partial charge in [0, 0.05) is 5.69 Å². The van der Waals surface area contributed by atoms with Crippen molar-refractivity contribution >= 4 is 11.6 Å². The topological polar surface area (TPSA) is 54.3 Å². The smallest absolute Gasteiger partial charge is 0.239 e. The van der Waals surface area contributed by atoms with Crippen molar-refractivity contribution in [3.05, 3.63) is 53.5 Å². The lowest BCUT2D eigenvalue weighted by molar-refractivity contribution is -0.119. The Morgan fingerprint density at radius 3 is 2.71 bits per heavy atom. The minimum absolute atomic E-state index is 0.0515. The van der Waals surface area contributed by atoms with E-state index in [9.17, 15) is 4.79 Å². The van der Waals surface area contributed by atoms with Gasteiger partial charge in [0.15, 0.2) is 0 Å². The number of amides is 1. The Morgan fingerprint density at radius 2 is 2.05 bits per heavy atom. The molecule has 1 amide bonds. The molecule has 0 fully saturated rings. The van der Waals surface area contributed by atoms with Crippen LogP contribution in [0.1, 0.15) is 36.7 Å². The maximum Gasteiger partial charge on any atom is 0.239 e. The first kappa shape index (κ1) is 15.2. The van der Waals surface area contributed by atoms with Crippen LogP contribution >= 0.6 is 0 Å². The molecule has 0 saturated carbocycles. The quantitative estimate of drug-likeness (QED) is 0.855. The van der Waals surface area contributed by atoms with E-state index in [-0.39, 0.29) is 12.5 Å². The van der Waals surface area contributed by atoms with Gasteiger partial charge in [-0.15, -0.1) is 0 Å². The van der Waals surface area contributed by atoms with Gasteiger partial charge in [-0.3, -0.25) is 4.79 Å². The molecule has 2 N–H and O–H groups in total. The van der Waals surface area contributed by atoms with Crippen molar-refractivity contribution in [2.24, 2.45) is 0 Å². The van der Waals surface area contributed by atoms with Crippen molar-refractivity contribution in [1.29, 1.82) is 0 Å². The summed E-state index contributed by atoms with van der Waals surface area (Å²) in [6.07, 6.45) is 1.60. The minimum Gasteiger partial charge on any atom is -0.467 e. The van der Waals surface area contributed by atoms with E-state index in [1.165, 1.54) is 5.56 Å². The van der Waals surface area contributed by atoms with Crippen LogP contribution in [0.15, 0.2) is 41.0 Å². The first-order valence-electron chi connectivity index (χ1n) is 7.20. The third-order valence-corrected chi connectivity index (χ3v) is 3.39. The van der Waals surface area contributed by atoms with E-state index in [0.717, 1.165) is 17.0 Å². The summed E-state index contributed by atoms with van der Waals surface area (Å²) in [5.74, 6) is 1.12. The summed E-state index contributed by atoms with van der Waals surface area (Å²) < 4.78 is 5.18. The van der Waals surface area contributed by atoms with Crippen molar-refractivity contribution in [3.63, 3.8) is 0 Å². The molecule has 1 aromatic heterocycles. The van der Waals surface area contributed by atoms with Crippen LogP contribution in [0.2, 0.25) is 0 Å². The van der Waals surface area contributed by atoms with Crippen molar-refractivity contribution in [1.82, 2.24) is 5.32 Å². The Bertz CT molecular complexity index is 589. The average molecular weight is 286 g/mol. The normalized spacial score (nSPS) is 10.7. The number of anilines is 1. The van der Waals surface area contributed by atoms with E-state index >= 15 is 0 Å². The van der Waals surface area contributed by atoms with Crippen LogP contribution in [0.5, 0.6) is 0 Å². The molecule has 0 aliphatic carbocycles. The fraction of sp³-hybridized carbons (Fsp3) is 0.353. The first-order valence-corrected chi connectivity index (χ1v) is 7.20. The molecule has 0 radical (unpaired) electrons. The van der Waals surface area contributed by atoms with Crippen molar-refractivity contribution in [3.8, 4) is 0 Å². The Balaban J connectivity index is 1.92. The van der Waals surface area contributed by atoms with Crippen molar-refractivity contribution < 1.29 is 9.21 Å². The number of para-hydroxylation sites is 1. The zero-order valence-corrected chi connectivity index (χ0v) is 12.8. The van der Waals surface area contributed by atoms with Gasteiger partial charge in [0.25, 0.3) is 0 Å². The third kappa shape index (κ3) is 4.12. The highest BCUT2D eigenvalue weighted by atomic mass is 16.3. The van der Waals surface area contributed by atoms with Crippen LogP contribution in [-0.2, 0) is 11.3 Å². The number of rotatable bonds is 6. The molecule has 0 aliphatic heterocycles. The maximum absolute atomic E-state index is 11.9.